The molecule has 0 fully saturated rings. The average molecular weight is 376 g/mol. The van der Waals surface area contributed by atoms with Crippen LogP contribution in [0.15, 0.2) is 66.7 Å². The Morgan fingerprint density at radius 3 is 2.46 bits per heavy atom. The molecule has 0 spiro atoms. The van der Waals surface area contributed by atoms with Crippen molar-refractivity contribution in [2.45, 2.75) is 13.8 Å². The Labute approximate surface area is 162 Å². The molecular weight excluding hydrogens is 356 g/mol. The van der Waals surface area contributed by atoms with Gasteiger partial charge in [-0.15, -0.1) is 0 Å². The Hall–Kier alpha value is -3.67. The van der Waals surface area contributed by atoms with Crippen molar-refractivity contribution in [3.05, 3.63) is 93.5 Å². The minimum absolute atomic E-state index is 0.0842. The molecule has 0 aliphatic carbocycles. The molecule has 0 aliphatic rings. The highest BCUT2D eigenvalue weighted by Crippen LogP contribution is 2.34. The van der Waals surface area contributed by atoms with Crippen LogP contribution in [-0.4, -0.2) is 17.3 Å². The number of nitrogens with one attached hydrogen (secondary N) is 1. The average Bonchev–Trinajstić information content (AvgIpc) is 2.71. The van der Waals surface area contributed by atoms with Crippen molar-refractivity contribution >= 4 is 17.2 Å². The van der Waals surface area contributed by atoms with Gasteiger partial charge in [-0.3, -0.25) is 14.9 Å². The molecule has 0 radical (unpaired) electrons. The van der Waals surface area contributed by atoms with Gasteiger partial charge in [0.2, 0.25) is 5.75 Å². The third-order valence-corrected chi connectivity index (χ3v) is 4.26. The van der Waals surface area contributed by atoms with Crippen molar-refractivity contribution in [1.29, 1.82) is 0 Å². The molecule has 3 aromatic carbocycles. The van der Waals surface area contributed by atoms with Crippen LogP contribution in [0.1, 0.15) is 28.4 Å². The normalized spacial score (nSPS) is 10.4. The van der Waals surface area contributed by atoms with Crippen LogP contribution >= 0.6 is 0 Å². The number of nitrogens with zero attached hydrogens (tertiary/aromatic N) is 1. The van der Waals surface area contributed by atoms with Gasteiger partial charge in [-0.2, -0.15) is 0 Å². The van der Waals surface area contributed by atoms with Gasteiger partial charge in [0, 0.05) is 35.5 Å². The Bertz CT molecular complexity index is 1020. The van der Waals surface area contributed by atoms with E-state index in [1.54, 1.807) is 42.5 Å². The summed E-state index contributed by atoms with van der Waals surface area (Å²) in [6.45, 7) is 4.70. The third-order valence-electron chi connectivity index (χ3n) is 4.26. The van der Waals surface area contributed by atoms with Crippen LogP contribution in [-0.2, 0) is 0 Å². The van der Waals surface area contributed by atoms with Crippen LogP contribution in [0.2, 0.25) is 0 Å². The van der Waals surface area contributed by atoms with Crippen molar-refractivity contribution in [2.75, 3.05) is 11.9 Å². The number of nitro groups is 1. The Morgan fingerprint density at radius 1 is 1.04 bits per heavy atom. The summed E-state index contributed by atoms with van der Waals surface area (Å²) in [6.07, 6.45) is 0. The van der Waals surface area contributed by atoms with E-state index in [-0.39, 0.29) is 22.8 Å². The van der Waals surface area contributed by atoms with Gasteiger partial charge in [-0.25, -0.2) is 0 Å². The minimum Gasteiger partial charge on any atom is -0.450 e. The number of carbonyl (C=O) groups is 1. The highest BCUT2D eigenvalue weighted by atomic mass is 16.6. The molecule has 0 aromatic heterocycles. The molecule has 0 aliphatic heterocycles. The summed E-state index contributed by atoms with van der Waals surface area (Å²) in [5.41, 5.74) is 2.40. The topological polar surface area (TPSA) is 81.5 Å². The second kappa shape index (κ2) is 8.35. The predicted molar refractivity (Wildman–Crippen MR) is 108 cm³/mol. The van der Waals surface area contributed by atoms with E-state index in [1.807, 2.05) is 19.9 Å². The maximum atomic E-state index is 12.6. The van der Waals surface area contributed by atoms with Crippen LogP contribution in [0.25, 0.3) is 0 Å². The molecule has 6 nitrogen and oxygen atoms in total. The third kappa shape index (κ3) is 4.17. The molecule has 0 amide bonds. The van der Waals surface area contributed by atoms with Crippen molar-refractivity contribution in [1.82, 2.24) is 0 Å². The Balaban J connectivity index is 1.93. The molecule has 3 aromatic rings. The van der Waals surface area contributed by atoms with Crippen LogP contribution in [0, 0.1) is 17.0 Å². The van der Waals surface area contributed by atoms with Gasteiger partial charge < -0.3 is 10.1 Å². The van der Waals surface area contributed by atoms with E-state index in [0.29, 0.717) is 11.3 Å². The molecule has 6 heteroatoms. The van der Waals surface area contributed by atoms with E-state index in [2.05, 4.69) is 5.32 Å². The zero-order chi connectivity index (χ0) is 20.1. The van der Waals surface area contributed by atoms with Gasteiger partial charge in [0.1, 0.15) is 5.75 Å². The lowest BCUT2D eigenvalue weighted by Gasteiger charge is -2.12. The maximum Gasteiger partial charge on any atom is 0.312 e. The number of rotatable bonds is 7. The maximum absolute atomic E-state index is 12.6. The van der Waals surface area contributed by atoms with E-state index in [9.17, 15) is 14.9 Å². The SMILES string of the molecule is CCNc1cc(Oc2ccc(C(=O)c3ccccc3)cc2[N+](=O)[O-])ccc1C. The van der Waals surface area contributed by atoms with E-state index in [1.165, 1.54) is 18.2 Å². The second-order valence-corrected chi connectivity index (χ2v) is 6.24. The molecule has 3 rings (SSSR count). The smallest absolute Gasteiger partial charge is 0.312 e. The summed E-state index contributed by atoms with van der Waals surface area (Å²) < 4.78 is 5.76. The van der Waals surface area contributed by atoms with Gasteiger partial charge >= 0.3 is 5.69 Å². The number of benzene rings is 3. The van der Waals surface area contributed by atoms with Crippen molar-refractivity contribution in [3.63, 3.8) is 0 Å². The lowest BCUT2D eigenvalue weighted by molar-refractivity contribution is -0.385. The van der Waals surface area contributed by atoms with Crippen LogP contribution < -0.4 is 10.1 Å². The molecule has 0 atom stereocenters. The van der Waals surface area contributed by atoms with E-state index in [4.69, 9.17) is 4.74 Å². The van der Waals surface area contributed by atoms with Crippen LogP contribution in [0.4, 0.5) is 11.4 Å². The summed E-state index contributed by atoms with van der Waals surface area (Å²) >= 11 is 0. The Kier molecular flexibility index (Phi) is 5.69. The predicted octanol–water partition coefficient (Wildman–Crippen LogP) is 5.36. The van der Waals surface area contributed by atoms with Gasteiger partial charge in [-0.1, -0.05) is 36.4 Å². The summed E-state index contributed by atoms with van der Waals surface area (Å²) in [7, 11) is 0. The first-order valence-electron chi connectivity index (χ1n) is 8.90. The molecule has 0 saturated carbocycles. The van der Waals surface area contributed by atoms with E-state index >= 15 is 0 Å². The number of anilines is 1. The Morgan fingerprint density at radius 2 is 1.79 bits per heavy atom. The fourth-order valence-electron chi connectivity index (χ4n) is 2.82. The highest BCUT2D eigenvalue weighted by molar-refractivity contribution is 6.09. The molecule has 1 N–H and O–H groups in total. The molecule has 0 bridgehead atoms. The standard InChI is InChI=1S/C22H20N2O4/c1-3-23-19-14-18(11-9-15(19)2)28-21-12-10-17(13-20(21)24(26)27)22(25)16-7-5-4-6-8-16/h4-14,23H,3H2,1-2H3. The largest absolute Gasteiger partial charge is 0.450 e. The van der Waals surface area contributed by atoms with E-state index < -0.39 is 4.92 Å². The van der Waals surface area contributed by atoms with Gasteiger partial charge in [-0.05, 0) is 37.6 Å². The monoisotopic (exact) mass is 376 g/mol. The number of ketones is 1. The zero-order valence-electron chi connectivity index (χ0n) is 15.6. The summed E-state index contributed by atoms with van der Waals surface area (Å²) in [5.74, 6) is 0.285. The lowest BCUT2D eigenvalue weighted by atomic mass is 10.0. The molecule has 142 valence electrons. The summed E-state index contributed by atoms with van der Waals surface area (Å²) in [5, 5.41) is 14.8. The number of hydrogen-bond donors (Lipinski definition) is 1. The molecule has 28 heavy (non-hydrogen) atoms. The number of ether oxygens (including phenoxy) is 1. The van der Waals surface area contributed by atoms with E-state index in [0.717, 1.165) is 17.8 Å². The molecular formula is C22H20N2O4. The number of hydrogen-bond acceptors (Lipinski definition) is 5. The highest BCUT2D eigenvalue weighted by Gasteiger charge is 2.20. The fourth-order valence-corrected chi connectivity index (χ4v) is 2.82. The first-order chi connectivity index (χ1) is 13.5. The van der Waals surface area contributed by atoms with Gasteiger partial charge in [0.15, 0.2) is 5.78 Å². The van der Waals surface area contributed by atoms with Crippen molar-refractivity contribution in [2.24, 2.45) is 0 Å². The van der Waals surface area contributed by atoms with Crippen molar-refractivity contribution in [3.8, 4) is 11.5 Å². The minimum atomic E-state index is -0.545. The van der Waals surface area contributed by atoms with Crippen LogP contribution in [0.3, 0.4) is 0 Å². The second-order valence-electron chi connectivity index (χ2n) is 6.24. The molecule has 0 saturated heterocycles. The quantitative estimate of drug-likeness (QED) is 0.341. The number of aryl methyl sites for hydroxylation is 1. The zero-order valence-corrected chi connectivity index (χ0v) is 15.6. The molecule has 0 unspecified atom stereocenters. The fraction of sp³-hybridized carbons (Fsp3) is 0.136. The number of carbonyl (C=O) groups excluding carboxylic acids is 1. The molecule has 0 heterocycles. The summed E-state index contributed by atoms with van der Waals surface area (Å²) in [6, 6.07) is 18.3. The van der Waals surface area contributed by atoms with Crippen LogP contribution in [0.5, 0.6) is 11.5 Å². The first-order valence-corrected chi connectivity index (χ1v) is 8.90. The van der Waals surface area contributed by atoms with Crippen molar-refractivity contribution < 1.29 is 14.5 Å². The summed E-state index contributed by atoms with van der Waals surface area (Å²) in [4.78, 5) is 23.6. The first kappa shape index (κ1) is 19.1. The lowest BCUT2D eigenvalue weighted by Crippen LogP contribution is -2.03. The number of nitro benzene ring substituents is 1. The van der Waals surface area contributed by atoms with Gasteiger partial charge in [0.25, 0.3) is 0 Å². The van der Waals surface area contributed by atoms with Gasteiger partial charge in [0.05, 0.1) is 4.92 Å².